The monoisotopic (exact) mass is 611 g/mol. The number of carbonyl (C=O) groups is 2. The van der Waals surface area contributed by atoms with Crippen LogP contribution in [0.1, 0.15) is 64.4 Å². The number of halogens is 2. The van der Waals surface area contributed by atoms with Gasteiger partial charge in [0.1, 0.15) is 11.8 Å². The van der Waals surface area contributed by atoms with Crippen molar-refractivity contribution in [2.75, 3.05) is 23.7 Å². The van der Waals surface area contributed by atoms with E-state index in [9.17, 15) is 18.0 Å². The molecule has 2 aromatic carbocycles. The summed E-state index contributed by atoms with van der Waals surface area (Å²) in [6.45, 7) is 4.42. The van der Waals surface area contributed by atoms with Crippen LogP contribution in [0.2, 0.25) is 10.0 Å². The Morgan fingerprint density at radius 2 is 1.68 bits per heavy atom. The number of ether oxygens (including phenoxy) is 1. The number of anilines is 1. The summed E-state index contributed by atoms with van der Waals surface area (Å²) >= 11 is 12.9. The highest BCUT2D eigenvalue weighted by Gasteiger charge is 2.31. The lowest BCUT2D eigenvalue weighted by atomic mass is 10.1. The summed E-state index contributed by atoms with van der Waals surface area (Å²) in [7, 11) is -3.60. The van der Waals surface area contributed by atoms with Gasteiger partial charge >= 0.3 is 0 Å². The molecule has 1 saturated carbocycles. The van der Waals surface area contributed by atoms with Gasteiger partial charge < -0.3 is 15.0 Å². The van der Waals surface area contributed by atoms with Crippen LogP contribution >= 0.6 is 23.2 Å². The topological polar surface area (TPSA) is 96.0 Å². The average Bonchev–Trinajstić information content (AvgIpc) is 3.41. The van der Waals surface area contributed by atoms with E-state index >= 15 is 0 Å². The zero-order valence-electron chi connectivity index (χ0n) is 23.4. The Labute approximate surface area is 248 Å². The number of amides is 2. The van der Waals surface area contributed by atoms with Crippen molar-refractivity contribution in [1.29, 1.82) is 0 Å². The fourth-order valence-corrected chi connectivity index (χ4v) is 6.50. The molecular formula is C29H39Cl2N3O5S. The number of sulfonamides is 1. The first kappa shape index (κ1) is 32.0. The highest BCUT2D eigenvalue weighted by atomic mass is 35.5. The first-order valence-electron chi connectivity index (χ1n) is 13.8. The second-order valence-corrected chi connectivity index (χ2v) is 12.7. The quantitative estimate of drug-likeness (QED) is 0.291. The molecule has 8 nitrogen and oxygen atoms in total. The van der Waals surface area contributed by atoms with Crippen molar-refractivity contribution in [3.63, 3.8) is 0 Å². The molecular weight excluding hydrogens is 573 g/mol. The molecule has 1 atom stereocenters. The van der Waals surface area contributed by atoms with E-state index in [2.05, 4.69) is 5.32 Å². The van der Waals surface area contributed by atoms with Crippen LogP contribution in [0, 0.1) is 0 Å². The first-order chi connectivity index (χ1) is 19.0. The molecule has 1 N–H and O–H groups in total. The molecule has 1 aliphatic carbocycles. The summed E-state index contributed by atoms with van der Waals surface area (Å²) in [6.07, 6.45) is 5.85. The molecule has 3 rings (SSSR count). The maximum absolute atomic E-state index is 13.7. The molecule has 0 bridgehead atoms. The summed E-state index contributed by atoms with van der Waals surface area (Å²) in [5, 5.41) is 3.94. The van der Waals surface area contributed by atoms with Crippen LogP contribution in [-0.2, 0) is 26.2 Å². The summed E-state index contributed by atoms with van der Waals surface area (Å²) in [4.78, 5) is 28.5. The van der Waals surface area contributed by atoms with Gasteiger partial charge in [-0.15, -0.1) is 0 Å². The molecule has 0 heterocycles. The van der Waals surface area contributed by atoms with E-state index in [1.807, 2.05) is 13.8 Å². The second kappa shape index (κ2) is 14.9. The van der Waals surface area contributed by atoms with Crippen molar-refractivity contribution in [1.82, 2.24) is 10.2 Å². The van der Waals surface area contributed by atoms with E-state index in [1.54, 1.807) is 42.5 Å². The summed E-state index contributed by atoms with van der Waals surface area (Å²) in [6, 6.07) is 11.3. The van der Waals surface area contributed by atoms with Gasteiger partial charge in [-0.1, -0.05) is 49.0 Å². The van der Waals surface area contributed by atoms with Gasteiger partial charge in [-0.2, -0.15) is 0 Å². The molecule has 0 aliphatic heterocycles. The van der Waals surface area contributed by atoms with Crippen molar-refractivity contribution < 1.29 is 22.7 Å². The van der Waals surface area contributed by atoms with Crippen LogP contribution in [0.3, 0.4) is 0 Å². The fourth-order valence-electron chi connectivity index (χ4n) is 5.02. The molecule has 2 aromatic rings. The second-order valence-electron chi connectivity index (χ2n) is 10.0. The summed E-state index contributed by atoms with van der Waals surface area (Å²) in [5.41, 5.74) is 1.05. The number of rotatable bonds is 14. The highest BCUT2D eigenvalue weighted by Crippen LogP contribution is 2.28. The standard InChI is InChI=1S/C29H39Cl2N3O5S/c1-4-27(29(36)32-21-10-6-7-11-21)33(20-24-25(30)12-8-13-26(24)31)28(35)14-9-19-34(40(3,37)38)22-15-17-23(18-16-22)39-5-2/h8,12-13,15-18,21,27H,4-7,9-11,14,19-20H2,1-3H3,(H,32,36)/t27-/m1/s1. The van der Waals surface area contributed by atoms with E-state index in [0.29, 0.717) is 40.1 Å². The molecule has 0 unspecified atom stereocenters. The Morgan fingerprint density at radius 1 is 1.05 bits per heavy atom. The van der Waals surface area contributed by atoms with Crippen LogP contribution in [0.5, 0.6) is 5.75 Å². The van der Waals surface area contributed by atoms with Gasteiger partial charge in [0.05, 0.1) is 18.6 Å². The highest BCUT2D eigenvalue weighted by molar-refractivity contribution is 7.92. The lowest BCUT2D eigenvalue weighted by Crippen LogP contribution is -2.51. The van der Waals surface area contributed by atoms with E-state index in [4.69, 9.17) is 27.9 Å². The molecule has 0 aromatic heterocycles. The normalized spacial score (nSPS) is 14.5. The summed E-state index contributed by atoms with van der Waals surface area (Å²) < 4.78 is 31.9. The number of nitrogens with zero attached hydrogens (tertiary/aromatic N) is 2. The molecule has 1 aliphatic rings. The Balaban J connectivity index is 1.78. The van der Waals surface area contributed by atoms with Crippen LogP contribution in [0.15, 0.2) is 42.5 Å². The van der Waals surface area contributed by atoms with Crippen LogP contribution in [-0.4, -0.2) is 56.6 Å². The molecule has 2 amide bonds. The fraction of sp³-hybridized carbons (Fsp3) is 0.517. The number of nitrogens with one attached hydrogen (secondary N) is 1. The molecule has 11 heteroatoms. The van der Waals surface area contributed by atoms with Crippen molar-refractivity contribution in [2.24, 2.45) is 0 Å². The van der Waals surface area contributed by atoms with Gasteiger partial charge in [-0.3, -0.25) is 13.9 Å². The lowest BCUT2D eigenvalue weighted by molar-refractivity contribution is -0.141. The molecule has 0 radical (unpaired) electrons. The third-order valence-corrected chi connectivity index (χ3v) is 8.97. The first-order valence-corrected chi connectivity index (χ1v) is 16.4. The third kappa shape index (κ3) is 8.75. The van der Waals surface area contributed by atoms with Crippen LogP contribution in [0.4, 0.5) is 5.69 Å². The maximum Gasteiger partial charge on any atom is 0.243 e. The predicted molar refractivity (Wildman–Crippen MR) is 161 cm³/mol. The van der Waals surface area contributed by atoms with Crippen molar-refractivity contribution in [3.8, 4) is 5.75 Å². The van der Waals surface area contributed by atoms with Crippen molar-refractivity contribution in [3.05, 3.63) is 58.1 Å². The van der Waals surface area contributed by atoms with E-state index in [1.165, 1.54) is 9.21 Å². The van der Waals surface area contributed by atoms with E-state index < -0.39 is 16.1 Å². The number of carbonyl (C=O) groups excluding carboxylic acids is 2. The molecule has 40 heavy (non-hydrogen) atoms. The minimum atomic E-state index is -3.60. The molecule has 220 valence electrons. The third-order valence-electron chi connectivity index (χ3n) is 7.07. The van der Waals surface area contributed by atoms with Gasteiger partial charge in [-0.25, -0.2) is 8.42 Å². The largest absolute Gasteiger partial charge is 0.494 e. The number of benzene rings is 2. The minimum Gasteiger partial charge on any atom is -0.494 e. The molecule has 1 fully saturated rings. The van der Waals surface area contributed by atoms with E-state index in [-0.39, 0.29) is 43.8 Å². The predicted octanol–water partition coefficient (Wildman–Crippen LogP) is 5.80. The smallest absolute Gasteiger partial charge is 0.243 e. The number of hydrogen-bond acceptors (Lipinski definition) is 5. The van der Waals surface area contributed by atoms with Gasteiger partial charge in [0.2, 0.25) is 21.8 Å². The number of hydrogen-bond donors (Lipinski definition) is 1. The summed E-state index contributed by atoms with van der Waals surface area (Å²) in [5.74, 6) is 0.174. The van der Waals surface area contributed by atoms with Crippen LogP contribution < -0.4 is 14.4 Å². The van der Waals surface area contributed by atoms with Crippen molar-refractivity contribution >= 4 is 50.7 Å². The molecule has 0 spiro atoms. The minimum absolute atomic E-state index is 0.0400. The SMILES string of the molecule is CCOc1ccc(N(CCCC(=O)N(Cc2c(Cl)cccc2Cl)[C@H](CC)C(=O)NC2CCCC2)S(C)(=O)=O)cc1. The van der Waals surface area contributed by atoms with Gasteiger partial charge in [0.25, 0.3) is 0 Å². The Morgan fingerprint density at radius 3 is 2.23 bits per heavy atom. The van der Waals surface area contributed by atoms with Crippen molar-refractivity contribution in [2.45, 2.75) is 77.4 Å². The Bertz CT molecular complexity index is 1230. The zero-order chi connectivity index (χ0) is 29.3. The average molecular weight is 613 g/mol. The van der Waals surface area contributed by atoms with Gasteiger partial charge in [-0.05, 0) is 69.0 Å². The van der Waals surface area contributed by atoms with Gasteiger partial charge in [0.15, 0.2) is 0 Å². The van der Waals surface area contributed by atoms with Crippen LogP contribution in [0.25, 0.3) is 0 Å². The maximum atomic E-state index is 13.7. The van der Waals surface area contributed by atoms with E-state index in [0.717, 1.165) is 31.9 Å². The van der Waals surface area contributed by atoms with Gasteiger partial charge in [0, 0.05) is 41.2 Å². The zero-order valence-corrected chi connectivity index (χ0v) is 25.7. The Hall–Kier alpha value is -2.49. The lowest BCUT2D eigenvalue weighted by Gasteiger charge is -2.32. The Kier molecular flexibility index (Phi) is 12.0. The molecule has 0 saturated heterocycles.